The largest absolute Gasteiger partial charge is 0.301 e. The van der Waals surface area contributed by atoms with Gasteiger partial charge in [-0.15, -0.1) is 11.8 Å². The summed E-state index contributed by atoms with van der Waals surface area (Å²) in [6.45, 7) is 3.11. The number of thioether (sulfide) groups is 1. The Balaban J connectivity index is 2.23. The molecule has 76 valence electrons. The van der Waals surface area contributed by atoms with Gasteiger partial charge >= 0.3 is 0 Å². The van der Waals surface area contributed by atoms with Crippen LogP contribution in [0, 0.1) is 5.82 Å². The van der Waals surface area contributed by atoms with Crippen LogP contribution in [0.5, 0.6) is 0 Å². The van der Waals surface area contributed by atoms with Crippen molar-refractivity contribution in [1.29, 1.82) is 0 Å². The summed E-state index contributed by atoms with van der Waals surface area (Å²) in [7, 11) is 0. The van der Waals surface area contributed by atoms with Crippen LogP contribution in [0.15, 0.2) is 18.2 Å². The number of rotatable bonds is 1. The Bertz CT molecular complexity index is 325. The fraction of sp³-hybridized carbons (Fsp3) is 0.400. The van der Waals surface area contributed by atoms with E-state index in [-0.39, 0.29) is 11.2 Å². The van der Waals surface area contributed by atoms with E-state index in [2.05, 4.69) is 12.2 Å². The van der Waals surface area contributed by atoms with Crippen molar-refractivity contribution in [2.24, 2.45) is 0 Å². The molecular weight excluding hydrogens is 221 g/mol. The average Bonchev–Trinajstić information content (AvgIpc) is 2.50. The summed E-state index contributed by atoms with van der Waals surface area (Å²) in [5.74, 6) is -0.269. The number of hydrogen-bond acceptors (Lipinski definition) is 2. The van der Waals surface area contributed by atoms with Crippen LogP contribution in [0.3, 0.4) is 0 Å². The van der Waals surface area contributed by atoms with Crippen molar-refractivity contribution in [1.82, 2.24) is 5.32 Å². The first kappa shape index (κ1) is 10.3. The Labute approximate surface area is 92.0 Å². The monoisotopic (exact) mass is 231 g/mol. The first-order chi connectivity index (χ1) is 6.65. The van der Waals surface area contributed by atoms with Gasteiger partial charge in [-0.05, 0) is 23.8 Å². The zero-order chi connectivity index (χ0) is 10.1. The molecule has 1 fully saturated rings. The Hall–Kier alpha value is -0.250. The summed E-state index contributed by atoms with van der Waals surface area (Å²) < 4.78 is 13.1. The van der Waals surface area contributed by atoms with Gasteiger partial charge in [-0.3, -0.25) is 0 Å². The van der Waals surface area contributed by atoms with Gasteiger partial charge in [0, 0.05) is 16.8 Å². The molecule has 0 radical (unpaired) electrons. The SMILES string of the molecule is CC1CNC(c2cc(F)cc(Cl)c2)S1. The van der Waals surface area contributed by atoms with Crippen LogP contribution >= 0.6 is 23.4 Å². The lowest BCUT2D eigenvalue weighted by Crippen LogP contribution is -2.13. The van der Waals surface area contributed by atoms with Gasteiger partial charge in [0.05, 0.1) is 5.37 Å². The minimum absolute atomic E-state index is 0.179. The molecule has 0 spiro atoms. The highest BCUT2D eigenvalue weighted by atomic mass is 35.5. The molecule has 1 aromatic rings. The van der Waals surface area contributed by atoms with E-state index in [0.717, 1.165) is 12.1 Å². The maximum absolute atomic E-state index is 13.1. The van der Waals surface area contributed by atoms with Gasteiger partial charge in [-0.1, -0.05) is 18.5 Å². The highest BCUT2D eigenvalue weighted by Crippen LogP contribution is 2.35. The van der Waals surface area contributed by atoms with Crippen LogP contribution in [-0.2, 0) is 0 Å². The normalized spacial score (nSPS) is 26.8. The molecule has 1 aliphatic heterocycles. The predicted molar refractivity (Wildman–Crippen MR) is 59.2 cm³/mol. The van der Waals surface area contributed by atoms with E-state index in [1.807, 2.05) is 6.07 Å². The summed E-state index contributed by atoms with van der Waals surface area (Å²) in [5, 5.41) is 4.53. The number of nitrogens with one attached hydrogen (secondary N) is 1. The van der Waals surface area contributed by atoms with Crippen LogP contribution in [0.2, 0.25) is 5.02 Å². The maximum Gasteiger partial charge on any atom is 0.125 e. The number of hydrogen-bond donors (Lipinski definition) is 1. The molecule has 2 unspecified atom stereocenters. The van der Waals surface area contributed by atoms with Gasteiger partial charge in [0.2, 0.25) is 0 Å². The number of benzene rings is 1. The molecular formula is C10H11ClFNS. The highest BCUT2D eigenvalue weighted by Gasteiger charge is 2.23. The fourth-order valence-electron chi connectivity index (χ4n) is 1.52. The lowest BCUT2D eigenvalue weighted by molar-refractivity contribution is 0.622. The topological polar surface area (TPSA) is 12.0 Å². The van der Waals surface area contributed by atoms with E-state index in [1.165, 1.54) is 12.1 Å². The van der Waals surface area contributed by atoms with Crippen LogP contribution < -0.4 is 5.32 Å². The third kappa shape index (κ3) is 2.22. The molecule has 1 heterocycles. The van der Waals surface area contributed by atoms with Crippen LogP contribution in [-0.4, -0.2) is 11.8 Å². The lowest BCUT2D eigenvalue weighted by Gasteiger charge is -2.10. The zero-order valence-electron chi connectivity index (χ0n) is 7.76. The summed E-state index contributed by atoms with van der Waals surface area (Å²) >= 11 is 7.59. The van der Waals surface area contributed by atoms with E-state index >= 15 is 0 Å². The molecule has 1 nitrogen and oxygen atoms in total. The minimum Gasteiger partial charge on any atom is -0.301 e. The van der Waals surface area contributed by atoms with Crippen molar-refractivity contribution < 1.29 is 4.39 Å². The standard InChI is InChI=1S/C10H11ClFNS/c1-6-5-13-10(14-6)7-2-8(11)4-9(12)3-7/h2-4,6,10,13H,5H2,1H3. The molecule has 0 saturated carbocycles. The van der Waals surface area contributed by atoms with E-state index < -0.39 is 0 Å². The molecule has 1 aliphatic rings. The lowest BCUT2D eigenvalue weighted by atomic mass is 10.2. The van der Waals surface area contributed by atoms with E-state index in [0.29, 0.717) is 10.3 Å². The van der Waals surface area contributed by atoms with Gasteiger partial charge in [0.1, 0.15) is 5.82 Å². The third-order valence-electron chi connectivity index (χ3n) is 2.15. The van der Waals surface area contributed by atoms with Gasteiger partial charge in [-0.2, -0.15) is 0 Å². The van der Waals surface area contributed by atoms with E-state index in [1.54, 1.807) is 11.8 Å². The highest BCUT2D eigenvalue weighted by molar-refractivity contribution is 8.00. The molecule has 0 amide bonds. The van der Waals surface area contributed by atoms with E-state index in [9.17, 15) is 4.39 Å². The summed E-state index contributed by atoms with van der Waals surface area (Å²) in [6, 6.07) is 4.68. The summed E-state index contributed by atoms with van der Waals surface area (Å²) in [6.07, 6.45) is 0. The third-order valence-corrected chi connectivity index (χ3v) is 3.71. The Morgan fingerprint density at radius 2 is 2.29 bits per heavy atom. The van der Waals surface area contributed by atoms with Crippen LogP contribution in [0.25, 0.3) is 0 Å². The molecule has 14 heavy (non-hydrogen) atoms. The zero-order valence-corrected chi connectivity index (χ0v) is 9.33. The van der Waals surface area contributed by atoms with E-state index in [4.69, 9.17) is 11.6 Å². The quantitative estimate of drug-likeness (QED) is 0.797. The molecule has 0 aromatic heterocycles. The minimum atomic E-state index is -0.269. The second-order valence-electron chi connectivity index (χ2n) is 3.44. The van der Waals surface area contributed by atoms with Gasteiger partial charge < -0.3 is 5.32 Å². The molecule has 1 saturated heterocycles. The first-order valence-electron chi connectivity index (χ1n) is 4.50. The van der Waals surface area contributed by atoms with Crippen molar-refractivity contribution >= 4 is 23.4 Å². The molecule has 0 aliphatic carbocycles. The van der Waals surface area contributed by atoms with Crippen LogP contribution in [0.4, 0.5) is 4.39 Å². The van der Waals surface area contributed by atoms with Crippen molar-refractivity contribution in [3.8, 4) is 0 Å². The Morgan fingerprint density at radius 1 is 1.50 bits per heavy atom. The predicted octanol–water partition coefficient (Wildman–Crippen LogP) is 3.20. The van der Waals surface area contributed by atoms with Gasteiger partial charge in [0.25, 0.3) is 0 Å². The maximum atomic E-state index is 13.1. The molecule has 0 bridgehead atoms. The van der Waals surface area contributed by atoms with Gasteiger partial charge in [-0.25, -0.2) is 4.39 Å². The summed E-state index contributed by atoms with van der Waals surface area (Å²) in [4.78, 5) is 0. The smallest absolute Gasteiger partial charge is 0.125 e. The molecule has 2 rings (SSSR count). The van der Waals surface area contributed by atoms with Crippen LogP contribution in [0.1, 0.15) is 17.9 Å². The second kappa shape index (κ2) is 4.09. The molecule has 1 aromatic carbocycles. The average molecular weight is 232 g/mol. The molecule has 1 N–H and O–H groups in total. The van der Waals surface area contributed by atoms with Crippen molar-refractivity contribution in [3.63, 3.8) is 0 Å². The molecule has 4 heteroatoms. The Kier molecular flexibility index (Phi) is 3.00. The summed E-state index contributed by atoms with van der Waals surface area (Å²) in [5.41, 5.74) is 0.921. The van der Waals surface area contributed by atoms with Crippen molar-refractivity contribution in [3.05, 3.63) is 34.6 Å². The number of halogens is 2. The molecule has 2 atom stereocenters. The first-order valence-corrected chi connectivity index (χ1v) is 5.82. The Morgan fingerprint density at radius 3 is 2.86 bits per heavy atom. The second-order valence-corrected chi connectivity index (χ2v) is 5.42. The van der Waals surface area contributed by atoms with Crippen molar-refractivity contribution in [2.45, 2.75) is 17.5 Å². The van der Waals surface area contributed by atoms with Crippen molar-refractivity contribution in [2.75, 3.05) is 6.54 Å². The van der Waals surface area contributed by atoms with Gasteiger partial charge in [0.15, 0.2) is 0 Å². The fourth-order valence-corrected chi connectivity index (χ4v) is 2.90.